The molecular weight excluding hydrogens is 362 g/mol. The number of carbonyl (C=O) groups is 1. The van der Waals surface area contributed by atoms with Gasteiger partial charge in [-0.25, -0.2) is 13.4 Å². The maximum absolute atomic E-state index is 12.5. The van der Waals surface area contributed by atoms with E-state index in [1.165, 1.54) is 13.1 Å². The highest BCUT2D eigenvalue weighted by Gasteiger charge is 2.22. The van der Waals surface area contributed by atoms with Gasteiger partial charge in [0.2, 0.25) is 5.91 Å². The highest BCUT2D eigenvalue weighted by Crippen LogP contribution is 2.29. The average Bonchev–Trinajstić information content (AvgIpc) is 3.16. The van der Waals surface area contributed by atoms with Gasteiger partial charge in [0.05, 0.1) is 11.9 Å². The molecule has 0 aliphatic rings. The number of sulfonamides is 1. The summed E-state index contributed by atoms with van der Waals surface area (Å²) in [5, 5.41) is 9.58. The Morgan fingerprint density at radius 3 is 2.64 bits per heavy atom. The summed E-state index contributed by atoms with van der Waals surface area (Å²) in [5.41, 5.74) is 2.33. The van der Waals surface area contributed by atoms with Crippen molar-refractivity contribution in [3.63, 3.8) is 0 Å². The fraction of sp³-hybridized carbons (Fsp3) is 0.133. The largest absolute Gasteiger partial charge is 0.302 e. The number of thiazole rings is 1. The van der Waals surface area contributed by atoms with Crippen molar-refractivity contribution in [1.82, 2.24) is 15.2 Å². The molecule has 2 heterocycles. The van der Waals surface area contributed by atoms with Crippen molar-refractivity contribution in [3.8, 4) is 11.3 Å². The third-order valence-corrected chi connectivity index (χ3v) is 6.05. The summed E-state index contributed by atoms with van der Waals surface area (Å²) in [4.78, 5) is 14.9. The van der Waals surface area contributed by atoms with Crippen molar-refractivity contribution in [2.75, 3.05) is 10.0 Å². The first-order valence-corrected chi connectivity index (χ1v) is 9.53. The molecule has 0 fully saturated rings. The second-order valence-electron chi connectivity index (χ2n) is 5.21. The van der Waals surface area contributed by atoms with Crippen LogP contribution >= 0.6 is 11.3 Å². The zero-order valence-electron chi connectivity index (χ0n) is 13.4. The van der Waals surface area contributed by atoms with Crippen LogP contribution in [0.25, 0.3) is 11.3 Å². The molecule has 0 saturated heterocycles. The number of hydrogen-bond acceptors (Lipinski definition) is 6. The molecule has 0 aliphatic carbocycles. The molecule has 3 N–H and O–H groups in total. The molecule has 0 aliphatic heterocycles. The van der Waals surface area contributed by atoms with E-state index in [0.29, 0.717) is 5.56 Å². The Kier molecular flexibility index (Phi) is 4.55. The lowest BCUT2D eigenvalue weighted by Gasteiger charge is -2.04. The van der Waals surface area contributed by atoms with Crippen LogP contribution in [0.15, 0.2) is 40.7 Å². The molecule has 3 aromatic rings. The fourth-order valence-electron chi connectivity index (χ4n) is 2.15. The quantitative estimate of drug-likeness (QED) is 0.632. The van der Waals surface area contributed by atoms with E-state index >= 15 is 0 Å². The van der Waals surface area contributed by atoms with Gasteiger partial charge in [0.25, 0.3) is 10.0 Å². The first kappa shape index (κ1) is 17.1. The van der Waals surface area contributed by atoms with E-state index in [2.05, 4.69) is 25.2 Å². The molecule has 0 bridgehead atoms. The summed E-state index contributed by atoms with van der Waals surface area (Å²) in [6.07, 6.45) is 1.19. The van der Waals surface area contributed by atoms with Crippen LogP contribution in [0, 0.1) is 6.92 Å². The maximum atomic E-state index is 12.5. The number of carbonyl (C=O) groups excluding carboxylic acids is 1. The molecule has 1 aromatic carbocycles. The molecule has 0 spiro atoms. The van der Waals surface area contributed by atoms with E-state index in [9.17, 15) is 13.2 Å². The Morgan fingerprint density at radius 1 is 1.24 bits per heavy atom. The lowest BCUT2D eigenvalue weighted by atomic mass is 10.1. The SMILES string of the molecule is CC(=O)Nc1ncc(S(=O)(=O)Nc2n[nH]c(-c3ccccc3)c2C)s1. The van der Waals surface area contributed by atoms with Gasteiger partial charge < -0.3 is 5.32 Å². The smallest absolute Gasteiger partial charge is 0.274 e. The monoisotopic (exact) mass is 377 g/mol. The highest BCUT2D eigenvalue weighted by atomic mass is 32.2. The number of H-pyrrole nitrogens is 1. The number of hydrogen-bond donors (Lipinski definition) is 3. The van der Waals surface area contributed by atoms with E-state index in [-0.39, 0.29) is 21.1 Å². The van der Waals surface area contributed by atoms with Crippen molar-refractivity contribution < 1.29 is 13.2 Å². The van der Waals surface area contributed by atoms with Gasteiger partial charge in [-0.15, -0.1) is 0 Å². The van der Waals surface area contributed by atoms with E-state index in [0.717, 1.165) is 22.6 Å². The Hall–Kier alpha value is -2.72. The minimum absolute atomic E-state index is 0.0140. The number of rotatable bonds is 5. The first-order valence-electron chi connectivity index (χ1n) is 7.23. The molecule has 3 rings (SSSR count). The zero-order chi connectivity index (χ0) is 18.0. The number of nitrogens with zero attached hydrogens (tertiary/aromatic N) is 2. The van der Waals surface area contributed by atoms with Crippen LogP contribution in [0.3, 0.4) is 0 Å². The molecule has 0 radical (unpaired) electrons. The minimum Gasteiger partial charge on any atom is -0.302 e. The number of aromatic amines is 1. The standard InChI is InChI=1S/C15H15N5O3S2/c1-9-13(11-6-4-3-5-7-11)18-19-14(9)20-25(22,23)12-8-16-15(24-12)17-10(2)21/h3-8H,1-2H3,(H,16,17,21)(H2,18,19,20). The van der Waals surface area contributed by atoms with E-state index in [1.807, 2.05) is 30.3 Å². The van der Waals surface area contributed by atoms with Crippen LogP contribution in [0.4, 0.5) is 10.9 Å². The van der Waals surface area contributed by atoms with Crippen LogP contribution < -0.4 is 10.0 Å². The van der Waals surface area contributed by atoms with Gasteiger partial charge in [0.1, 0.15) is 0 Å². The predicted octanol–water partition coefficient (Wildman–Crippen LogP) is 2.60. The summed E-state index contributed by atoms with van der Waals surface area (Å²) in [6, 6.07) is 9.49. The van der Waals surface area contributed by atoms with Crippen LogP contribution in [0.5, 0.6) is 0 Å². The molecular formula is C15H15N5O3S2. The zero-order valence-corrected chi connectivity index (χ0v) is 15.0. The number of benzene rings is 1. The molecule has 10 heteroatoms. The summed E-state index contributed by atoms with van der Waals surface area (Å²) >= 11 is 0.865. The third-order valence-electron chi connectivity index (χ3n) is 3.34. The maximum Gasteiger partial charge on any atom is 0.274 e. The van der Waals surface area contributed by atoms with Crippen molar-refractivity contribution in [1.29, 1.82) is 0 Å². The molecule has 0 saturated carbocycles. The number of amides is 1. The first-order chi connectivity index (χ1) is 11.9. The van der Waals surface area contributed by atoms with Crippen LogP contribution in [0.1, 0.15) is 12.5 Å². The molecule has 0 atom stereocenters. The Morgan fingerprint density at radius 2 is 1.96 bits per heavy atom. The lowest BCUT2D eigenvalue weighted by molar-refractivity contribution is -0.114. The summed E-state index contributed by atoms with van der Waals surface area (Å²) in [7, 11) is -3.85. The molecule has 25 heavy (non-hydrogen) atoms. The molecule has 1 amide bonds. The van der Waals surface area contributed by atoms with E-state index in [4.69, 9.17) is 0 Å². The van der Waals surface area contributed by atoms with E-state index in [1.54, 1.807) is 6.92 Å². The normalized spacial score (nSPS) is 11.3. The van der Waals surface area contributed by atoms with Gasteiger partial charge in [-0.05, 0) is 12.5 Å². The van der Waals surface area contributed by atoms with Crippen LogP contribution in [0.2, 0.25) is 0 Å². The molecule has 0 unspecified atom stereocenters. The van der Waals surface area contributed by atoms with Crippen molar-refractivity contribution in [2.45, 2.75) is 18.1 Å². The molecule has 8 nitrogen and oxygen atoms in total. The Labute approximate surface area is 148 Å². The topological polar surface area (TPSA) is 117 Å². The van der Waals surface area contributed by atoms with Gasteiger partial charge in [-0.3, -0.25) is 14.6 Å². The van der Waals surface area contributed by atoms with Crippen LogP contribution in [-0.4, -0.2) is 29.5 Å². The Balaban J connectivity index is 1.85. The van der Waals surface area contributed by atoms with Crippen molar-refractivity contribution in [2.24, 2.45) is 0 Å². The number of aromatic nitrogens is 3. The van der Waals surface area contributed by atoms with Crippen molar-refractivity contribution in [3.05, 3.63) is 42.1 Å². The van der Waals surface area contributed by atoms with Gasteiger partial charge in [0, 0.05) is 12.5 Å². The van der Waals surface area contributed by atoms with Crippen molar-refractivity contribution >= 4 is 38.2 Å². The highest BCUT2D eigenvalue weighted by molar-refractivity contribution is 7.94. The summed E-state index contributed by atoms with van der Waals surface area (Å²) in [5.74, 6) is -0.102. The number of anilines is 2. The third kappa shape index (κ3) is 3.69. The second-order valence-corrected chi connectivity index (χ2v) is 8.15. The van der Waals surface area contributed by atoms with Gasteiger partial charge in [-0.2, -0.15) is 5.10 Å². The fourth-order valence-corrected chi connectivity index (χ4v) is 4.29. The average molecular weight is 377 g/mol. The molecule has 130 valence electrons. The van der Waals surface area contributed by atoms with Gasteiger partial charge in [-0.1, -0.05) is 41.7 Å². The summed E-state index contributed by atoms with van der Waals surface area (Å²) in [6.45, 7) is 3.10. The predicted molar refractivity (Wildman–Crippen MR) is 96.0 cm³/mol. The second kappa shape index (κ2) is 6.65. The number of nitrogens with one attached hydrogen (secondary N) is 3. The summed E-state index contributed by atoms with van der Waals surface area (Å²) < 4.78 is 27.4. The van der Waals surface area contributed by atoms with Gasteiger partial charge >= 0.3 is 0 Å². The minimum atomic E-state index is -3.85. The Bertz CT molecular complexity index is 1010. The van der Waals surface area contributed by atoms with Crippen LogP contribution in [-0.2, 0) is 14.8 Å². The lowest BCUT2D eigenvalue weighted by Crippen LogP contribution is -2.12. The molecule has 2 aromatic heterocycles. The van der Waals surface area contributed by atoms with Gasteiger partial charge in [0.15, 0.2) is 15.2 Å². The van der Waals surface area contributed by atoms with E-state index < -0.39 is 10.0 Å².